The molecule has 0 fully saturated rings. The first-order chi connectivity index (χ1) is 8.81. The highest BCUT2D eigenvalue weighted by Gasteiger charge is 2.11. The van der Waals surface area contributed by atoms with Crippen LogP contribution in [0.4, 0.5) is 0 Å². The van der Waals surface area contributed by atoms with Crippen LogP contribution in [0.1, 0.15) is 16.0 Å². The number of fused-ring (bicyclic) bond motifs is 1. The predicted molar refractivity (Wildman–Crippen MR) is 78.2 cm³/mol. The van der Waals surface area contributed by atoms with Crippen LogP contribution in [0.15, 0.2) is 34.1 Å². The van der Waals surface area contributed by atoms with Crippen molar-refractivity contribution in [2.45, 2.75) is 19.5 Å². The van der Waals surface area contributed by atoms with E-state index in [1.807, 2.05) is 0 Å². The normalized spacial score (nSPS) is 13.4. The van der Waals surface area contributed by atoms with Crippen molar-refractivity contribution in [2.75, 3.05) is 6.61 Å². The molecule has 1 aromatic heterocycles. The maximum atomic E-state index is 5.51. The van der Waals surface area contributed by atoms with Gasteiger partial charge in [-0.15, -0.1) is 11.3 Å². The van der Waals surface area contributed by atoms with E-state index in [-0.39, 0.29) is 0 Å². The Kier molecular flexibility index (Phi) is 3.68. The number of nitrogens with one attached hydrogen (secondary N) is 1. The Hall–Kier alpha value is -0.840. The molecule has 0 amide bonds. The summed E-state index contributed by atoms with van der Waals surface area (Å²) in [7, 11) is 0. The number of hydrogen-bond donors (Lipinski definition) is 1. The molecule has 2 nitrogen and oxygen atoms in total. The van der Waals surface area contributed by atoms with Crippen LogP contribution in [-0.4, -0.2) is 6.61 Å². The van der Waals surface area contributed by atoms with Crippen LogP contribution >= 0.6 is 27.3 Å². The van der Waals surface area contributed by atoms with E-state index in [1.54, 1.807) is 11.3 Å². The van der Waals surface area contributed by atoms with Crippen LogP contribution in [0, 0.1) is 0 Å². The predicted octanol–water partition coefficient (Wildman–Crippen LogP) is 3.74. The van der Waals surface area contributed by atoms with Gasteiger partial charge in [-0.3, -0.25) is 0 Å². The second kappa shape index (κ2) is 5.43. The molecule has 0 saturated heterocycles. The highest BCUT2D eigenvalue weighted by Crippen LogP contribution is 2.26. The first kappa shape index (κ1) is 12.2. The van der Waals surface area contributed by atoms with Gasteiger partial charge in [-0.05, 0) is 39.2 Å². The Morgan fingerprint density at radius 1 is 1.28 bits per heavy atom. The molecule has 1 aromatic carbocycles. The van der Waals surface area contributed by atoms with Crippen molar-refractivity contribution < 1.29 is 4.74 Å². The Bertz CT molecular complexity index is 552. The SMILES string of the molecule is Brc1csc(CNCc2ccc3c(c2)CCO3)c1. The van der Waals surface area contributed by atoms with Gasteiger partial charge in [0.25, 0.3) is 0 Å². The minimum atomic E-state index is 0.829. The Morgan fingerprint density at radius 2 is 2.22 bits per heavy atom. The molecule has 1 aliphatic heterocycles. The number of benzene rings is 1. The van der Waals surface area contributed by atoms with E-state index in [2.05, 4.69) is 50.9 Å². The largest absolute Gasteiger partial charge is 0.493 e. The van der Waals surface area contributed by atoms with Crippen molar-refractivity contribution in [3.05, 3.63) is 50.1 Å². The molecule has 3 rings (SSSR count). The van der Waals surface area contributed by atoms with Crippen LogP contribution < -0.4 is 10.1 Å². The quantitative estimate of drug-likeness (QED) is 0.925. The summed E-state index contributed by atoms with van der Waals surface area (Å²) in [6.07, 6.45) is 1.04. The third-order valence-corrected chi connectivity index (χ3v) is 4.70. The summed E-state index contributed by atoms with van der Waals surface area (Å²) in [5.41, 5.74) is 2.67. The number of hydrogen-bond acceptors (Lipinski definition) is 3. The van der Waals surface area contributed by atoms with Crippen molar-refractivity contribution in [1.29, 1.82) is 0 Å². The molecular weight excluding hydrogens is 310 g/mol. The summed E-state index contributed by atoms with van der Waals surface area (Å²) < 4.78 is 6.67. The third-order valence-electron chi connectivity index (χ3n) is 3.00. The molecule has 0 radical (unpaired) electrons. The lowest BCUT2D eigenvalue weighted by molar-refractivity contribution is 0.357. The molecule has 0 saturated carbocycles. The van der Waals surface area contributed by atoms with Gasteiger partial charge in [0.1, 0.15) is 5.75 Å². The summed E-state index contributed by atoms with van der Waals surface area (Å²) in [6, 6.07) is 8.64. The lowest BCUT2D eigenvalue weighted by Gasteiger charge is -2.05. The van der Waals surface area contributed by atoms with Gasteiger partial charge >= 0.3 is 0 Å². The zero-order chi connectivity index (χ0) is 12.4. The van der Waals surface area contributed by atoms with Gasteiger partial charge in [-0.1, -0.05) is 12.1 Å². The minimum Gasteiger partial charge on any atom is -0.493 e. The molecule has 94 valence electrons. The minimum absolute atomic E-state index is 0.829. The summed E-state index contributed by atoms with van der Waals surface area (Å²) in [5, 5.41) is 5.59. The van der Waals surface area contributed by atoms with Crippen molar-refractivity contribution >= 4 is 27.3 Å². The summed E-state index contributed by atoms with van der Waals surface area (Å²) in [4.78, 5) is 1.35. The highest BCUT2D eigenvalue weighted by atomic mass is 79.9. The summed E-state index contributed by atoms with van der Waals surface area (Å²) in [5.74, 6) is 1.06. The molecule has 0 atom stereocenters. The van der Waals surface area contributed by atoms with Crippen LogP contribution in [0.2, 0.25) is 0 Å². The van der Waals surface area contributed by atoms with E-state index in [9.17, 15) is 0 Å². The van der Waals surface area contributed by atoms with E-state index >= 15 is 0 Å². The maximum Gasteiger partial charge on any atom is 0.122 e. The molecule has 0 aliphatic carbocycles. The smallest absolute Gasteiger partial charge is 0.122 e. The topological polar surface area (TPSA) is 21.3 Å². The first-order valence-electron chi connectivity index (χ1n) is 5.99. The molecule has 1 aliphatic rings. The molecule has 2 aromatic rings. The van der Waals surface area contributed by atoms with E-state index in [4.69, 9.17) is 4.74 Å². The standard InChI is InChI=1S/C14H14BrNOS/c15-12-6-13(18-9-12)8-16-7-10-1-2-14-11(5-10)3-4-17-14/h1-2,5-6,9,16H,3-4,7-8H2. The molecule has 2 heterocycles. The Morgan fingerprint density at radius 3 is 3.06 bits per heavy atom. The summed E-state index contributed by atoms with van der Waals surface area (Å²) >= 11 is 5.25. The van der Waals surface area contributed by atoms with E-state index in [0.717, 1.165) is 31.9 Å². The Balaban J connectivity index is 1.57. The molecule has 0 unspecified atom stereocenters. The molecule has 18 heavy (non-hydrogen) atoms. The molecule has 4 heteroatoms. The molecule has 0 bridgehead atoms. The fourth-order valence-electron chi connectivity index (χ4n) is 2.13. The van der Waals surface area contributed by atoms with E-state index in [0.29, 0.717) is 0 Å². The zero-order valence-electron chi connectivity index (χ0n) is 9.91. The van der Waals surface area contributed by atoms with Gasteiger partial charge in [0.05, 0.1) is 6.61 Å². The van der Waals surface area contributed by atoms with Crippen molar-refractivity contribution in [3.63, 3.8) is 0 Å². The highest BCUT2D eigenvalue weighted by molar-refractivity contribution is 9.10. The van der Waals surface area contributed by atoms with Gasteiger partial charge in [0.2, 0.25) is 0 Å². The van der Waals surface area contributed by atoms with Gasteiger partial charge in [0.15, 0.2) is 0 Å². The average molecular weight is 324 g/mol. The number of rotatable bonds is 4. The van der Waals surface area contributed by atoms with Crippen LogP contribution in [-0.2, 0) is 19.5 Å². The van der Waals surface area contributed by atoms with Crippen molar-refractivity contribution in [2.24, 2.45) is 0 Å². The van der Waals surface area contributed by atoms with E-state index in [1.165, 1.54) is 20.5 Å². The van der Waals surface area contributed by atoms with Crippen LogP contribution in [0.25, 0.3) is 0 Å². The first-order valence-corrected chi connectivity index (χ1v) is 7.67. The lowest BCUT2D eigenvalue weighted by atomic mass is 10.1. The van der Waals surface area contributed by atoms with Crippen molar-refractivity contribution in [3.8, 4) is 5.75 Å². The van der Waals surface area contributed by atoms with Gasteiger partial charge in [-0.2, -0.15) is 0 Å². The average Bonchev–Trinajstić information content (AvgIpc) is 2.97. The van der Waals surface area contributed by atoms with Crippen molar-refractivity contribution in [1.82, 2.24) is 5.32 Å². The second-order valence-electron chi connectivity index (χ2n) is 4.38. The number of halogens is 1. The van der Waals surface area contributed by atoms with Gasteiger partial charge in [-0.25, -0.2) is 0 Å². The van der Waals surface area contributed by atoms with Gasteiger partial charge < -0.3 is 10.1 Å². The van der Waals surface area contributed by atoms with Crippen LogP contribution in [0.3, 0.4) is 0 Å². The third kappa shape index (κ3) is 2.76. The fourth-order valence-corrected chi connectivity index (χ4v) is 3.55. The molecule has 1 N–H and O–H groups in total. The monoisotopic (exact) mass is 323 g/mol. The Labute approximate surface area is 119 Å². The number of ether oxygens (including phenoxy) is 1. The van der Waals surface area contributed by atoms with Gasteiger partial charge in [0, 0.05) is 34.2 Å². The fraction of sp³-hybridized carbons (Fsp3) is 0.286. The molecular formula is C14H14BrNOS. The maximum absolute atomic E-state index is 5.51. The second-order valence-corrected chi connectivity index (χ2v) is 6.29. The number of thiophene rings is 1. The van der Waals surface area contributed by atoms with E-state index < -0.39 is 0 Å². The molecule has 0 spiro atoms. The summed E-state index contributed by atoms with van der Waals surface area (Å²) in [6.45, 7) is 2.65. The van der Waals surface area contributed by atoms with Crippen LogP contribution in [0.5, 0.6) is 5.75 Å². The zero-order valence-corrected chi connectivity index (χ0v) is 12.3. The lowest BCUT2D eigenvalue weighted by Crippen LogP contribution is -2.11.